The minimum absolute atomic E-state index is 0.387. The average molecular weight is 188 g/mol. The van der Waals surface area contributed by atoms with Gasteiger partial charge in [0.15, 0.2) is 0 Å². The molecule has 0 aliphatic heterocycles. The van der Waals surface area contributed by atoms with Crippen molar-refractivity contribution in [3.8, 4) is 0 Å². The first-order chi connectivity index (χ1) is 5.68. The molecule has 0 aromatic heterocycles. The third kappa shape index (κ3) is 3.02. The highest BCUT2D eigenvalue weighted by molar-refractivity contribution is 5.88. The Bertz CT molecular complexity index is 220. The molecule has 3 N–H and O–H groups in total. The maximum atomic E-state index is 11.4. The quantitative estimate of drug-likeness (QED) is 0.634. The standard InChI is InChI=1S/C8H16N2O3/c1-5(6(11)12)10(4)7(13)8(2,3)9/h5H,9H2,1-4H3,(H,11,12)/t5-/m0/s1. The van der Waals surface area contributed by atoms with Gasteiger partial charge in [0, 0.05) is 7.05 Å². The van der Waals surface area contributed by atoms with E-state index in [-0.39, 0.29) is 5.91 Å². The van der Waals surface area contributed by atoms with Crippen molar-refractivity contribution in [3.05, 3.63) is 0 Å². The number of carbonyl (C=O) groups excluding carboxylic acids is 1. The van der Waals surface area contributed by atoms with Crippen molar-refractivity contribution in [3.63, 3.8) is 0 Å². The highest BCUT2D eigenvalue weighted by atomic mass is 16.4. The van der Waals surface area contributed by atoms with E-state index in [1.54, 1.807) is 13.8 Å². The van der Waals surface area contributed by atoms with Gasteiger partial charge in [-0.1, -0.05) is 0 Å². The first-order valence-electron chi connectivity index (χ1n) is 3.97. The Hall–Kier alpha value is -1.10. The third-order valence-corrected chi connectivity index (χ3v) is 1.81. The summed E-state index contributed by atoms with van der Waals surface area (Å²) in [6, 6.07) is -0.852. The van der Waals surface area contributed by atoms with E-state index < -0.39 is 17.6 Å². The number of nitrogens with two attached hydrogens (primary N) is 1. The van der Waals surface area contributed by atoms with Crippen molar-refractivity contribution in [2.45, 2.75) is 32.4 Å². The van der Waals surface area contributed by atoms with Crippen LogP contribution in [0.2, 0.25) is 0 Å². The van der Waals surface area contributed by atoms with Gasteiger partial charge in [0.05, 0.1) is 5.54 Å². The summed E-state index contributed by atoms with van der Waals surface area (Å²) < 4.78 is 0. The maximum absolute atomic E-state index is 11.4. The molecular formula is C8H16N2O3. The number of likely N-dealkylation sites (N-methyl/N-ethyl adjacent to an activating group) is 1. The van der Waals surface area contributed by atoms with E-state index in [2.05, 4.69) is 0 Å². The summed E-state index contributed by atoms with van der Waals surface area (Å²) in [5.41, 5.74) is 4.50. The second-order valence-electron chi connectivity index (χ2n) is 3.65. The summed E-state index contributed by atoms with van der Waals surface area (Å²) in [6.07, 6.45) is 0. The van der Waals surface area contributed by atoms with E-state index >= 15 is 0 Å². The van der Waals surface area contributed by atoms with Gasteiger partial charge in [-0.15, -0.1) is 0 Å². The minimum atomic E-state index is -1.04. The molecule has 0 aliphatic rings. The second kappa shape index (κ2) is 3.74. The smallest absolute Gasteiger partial charge is 0.326 e. The molecule has 5 nitrogen and oxygen atoms in total. The zero-order valence-electron chi connectivity index (χ0n) is 8.37. The molecule has 0 rings (SSSR count). The molecule has 0 fully saturated rings. The molecule has 0 saturated heterocycles. The van der Waals surface area contributed by atoms with Crippen LogP contribution in [0.1, 0.15) is 20.8 Å². The van der Waals surface area contributed by atoms with Gasteiger partial charge < -0.3 is 15.7 Å². The van der Waals surface area contributed by atoms with E-state index in [1.807, 2.05) is 0 Å². The first kappa shape index (κ1) is 11.9. The summed E-state index contributed by atoms with van der Waals surface area (Å²) in [7, 11) is 1.43. The molecule has 1 amide bonds. The zero-order chi connectivity index (χ0) is 10.8. The fraction of sp³-hybridized carbons (Fsp3) is 0.750. The summed E-state index contributed by atoms with van der Waals surface area (Å²) in [4.78, 5) is 23.1. The van der Waals surface area contributed by atoms with Gasteiger partial charge in [0.25, 0.3) is 0 Å². The van der Waals surface area contributed by atoms with Gasteiger partial charge in [-0.05, 0) is 20.8 Å². The number of amides is 1. The number of hydrogen-bond donors (Lipinski definition) is 2. The number of hydrogen-bond acceptors (Lipinski definition) is 3. The highest BCUT2D eigenvalue weighted by Crippen LogP contribution is 2.06. The Morgan fingerprint density at radius 3 is 2.08 bits per heavy atom. The van der Waals surface area contributed by atoms with Crippen molar-refractivity contribution >= 4 is 11.9 Å². The van der Waals surface area contributed by atoms with Crippen molar-refractivity contribution in [1.29, 1.82) is 0 Å². The largest absolute Gasteiger partial charge is 0.480 e. The van der Waals surface area contributed by atoms with Crippen molar-refractivity contribution in [1.82, 2.24) is 4.90 Å². The van der Waals surface area contributed by atoms with E-state index in [4.69, 9.17) is 10.8 Å². The first-order valence-corrected chi connectivity index (χ1v) is 3.97. The fourth-order valence-corrected chi connectivity index (χ4v) is 0.796. The maximum Gasteiger partial charge on any atom is 0.326 e. The Kier molecular flexibility index (Phi) is 3.42. The monoisotopic (exact) mass is 188 g/mol. The number of carboxylic acids is 1. The molecule has 0 spiro atoms. The Morgan fingerprint density at radius 2 is 1.85 bits per heavy atom. The molecule has 0 radical (unpaired) electrons. The number of nitrogens with zero attached hydrogens (tertiary/aromatic N) is 1. The Morgan fingerprint density at radius 1 is 1.46 bits per heavy atom. The number of rotatable bonds is 3. The van der Waals surface area contributed by atoms with Crippen LogP contribution in [0.25, 0.3) is 0 Å². The molecule has 5 heteroatoms. The van der Waals surface area contributed by atoms with Gasteiger partial charge in [-0.3, -0.25) is 4.79 Å². The predicted octanol–water partition coefficient (Wildman–Crippen LogP) is -0.345. The van der Waals surface area contributed by atoms with Crippen LogP contribution in [0.3, 0.4) is 0 Å². The van der Waals surface area contributed by atoms with Crippen LogP contribution in [-0.2, 0) is 9.59 Å². The molecule has 0 unspecified atom stereocenters. The lowest BCUT2D eigenvalue weighted by Gasteiger charge is -2.28. The van der Waals surface area contributed by atoms with E-state index in [0.29, 0.717) is 0 Å². The van der Waals surface area contributed by atoms with Gasteiger partial charge in [-0.25, -0.2) is 4.79 Å². The molecule has 0 aromatic rings. The van der Waals surface area contributed by atoms with Gasteiger partial charge >= 0.3 is 5.97 Å². The van der Waals surface area contributed by atoms with Crippen molar-refractivity contribution in [2.24, 2.45) is 5.73 Å². The lowest BCUT2D eigenvalue weighted by Crippen LogP contribution is -2.53. The molecule has 76 valence electrons. The van der Waals surface area contributed by atoms with Crippen LogP contribution in [0, 0.1) is 0 Å². The normalized spacial score (nSPS) is 13.6. The molecule has 0 saturated carbocycles. The van der Waals surface area contributed by atoms with Gasteiger partial charge in [0.2, 0.25) is 5.91 Å². The number of aliphatic carboxylic acids is 1. The fourth-order valence-electron chi connectivity index (χ4n) is 0.796. The van der Waals surface area contributed by atoms with Gasteiger partial charge in [-0.2, -0.15) is 0 Å². The van der Waals surface area contributed by atoms with E-state index in [9.17, 15) is 9.59 Å². The van der Waals surface area contributed by atoms with Crippen LogP contribution in [0.15, 0.2) is 0 Å². The summed E-state index contributed by atoms with van der Waals surface area (Å²) >= 11 is 0. The van der Waals surface area contributed by atoms with Gasteiger partial charge in [0.1, 0.15) is 6.04 Å². The van der Waals surface area contributed by atoms with Crippen LogP contribution >= 0.6 is 0 Å². The van der Waals surface area contributed by atoms with Crippen LogP contribution < -0.4 is 5.73 Å². The molecule has 13 heavy (non-hydrogen) atoms. The van der Waals surface area contributed by atoms with Crippen LogP contribution in [0.5, 0.6) is 0 Å². The Labute approximate surface area is 77.5 Å². The zero-order valence-corrected chi connectivity index (χ0v) is 8.37. The molecule has 0 heterocycles. The summed E-state index contributed by atoms with van der Waals surface area (Å²) in [5, 5.41) is 8.63. The third-order valence-electron chi connectivity index (χ3n) is 1.81. The molecular weight excluding hydrogens is 172 g/mol. The van der Waals surface area contributed by atoms with Crippen molar-refractivity contribution < 1.29 is 14.7 Å². The van der Waals surface area contributed by atoms with E-state index in [1.165, 1.54) is 14.0 Å². The van der Waals surface area contributed by atoms with Crippen LogP contribution in [0.4, 0.5) is 0 Å². The lowest BCUT2D eigenvalue weighted by atomic mass is 10.0. The molecule has 1 atom stereocenters. The second-order valence-corrected chi connectivity index (χ2v) is 3.65. The van der Waals surface area contributed by atoms with Crippen molar-refractivity contribution in [2.75, 3.05) is 7.05 Å². The number of carboxylic acid groups (broad SMARTS) is 1. The molecule has 0 aliphatic carbocycles. The Balaban J connectivity index is 4.53. The number of carbonyl (C=O) groups is 2. The summed E-state index contributed by atoms with van der Waals surface area (Å²) in [5.74, 6) is -1.43. The average Bonchev–Trinajstić information content (AvgIpc) is 1.98. The molecule has 0 aromatic carbocycles. The lowest BCUT2D eigenvalue weighted by molar-refractivity contribution is -0.149. The molecule has 0 bridgehead atoms. The van der Waals surface area contributed by atoms with Crippen LogP contribution in [-0.4, -0.2) is 40.5 Å². The highest BCUT2D eigenvalue weighted by Gasteiger charge is 2.30. The SMILES string of the molecule is C[C@@H](C(=O)O)N(C)C(=O)C(C)(C)N. The summed E-state index contributed by atoms with van der Waals surface area (Å²) in [6.45, 7) is 4.52. The topological polar surface area (TPSA) is 83.6 Å². The minimum Gasteiger partial charge on any atom is -0.480 e. The van der Waals surface area contributed by atoms with E-state index in [0.717, 1.165) is 4.90 Å². The predicted molar refractivity (Wildman–Crippen MR) is 48.1 cm³/mol.